The molecule has 0 amide bonds. The van der Waals surface area contributed by atoms with Crippen LogP contribution in [-0.2, 0) is 9.53 Å². The molecule has 1 aliphatic rings. The molecule has 0 N–H and O–H groups in total. The molecule has 4 rings (SSSR count). The molecule has 9 heteroatoms. The molecule has 0 unspecified atom stereocenters. The monoisotopic (exact) mass is 550 g/mol. The summed E-state index contributed by atoms with van der Waals surface area (Å²) in [6, 6.07) is 10.4. The van der Waals surface area contributed by atoms with Crippen LogP contribution in [0.15, 0.2) is 71.0 Å². The minimum Gasteiger partial charge on any atom is -0.463 e. The largest absolute Gasteiger partial charge is 0.463 e. The van der Waals surface area contributed by atoms with Crippen LogP contribution in [0, 0.1) is 0 Å². The molecule has 1 aliphatic heterocycles. The molecule has 2 aromatic heterocycles. The number of ether oxygens (including phenoxy) is 1. The number of furan rings is 1. The van der Waals surface area contributed by atoms with Gasteiger partial charge in [0.15, 0.2) is 9.47 Å². The second-order valence-corrected chi connectivity index (χ2v) is 9.21. The molecular formula is C21H16Br2N2O4S. The summed E-state index contributed by atoms with van der Waals surface area (Å²) in [5, 5.41) is 0. The lowest BCUT2D eigenvalue weighted by Gasteiger charge is -2.24. The molecule has 30 heavy (non-hydrogen) atoms. The van der Waals surface area contributed by atoms with Gasteiger partial charge in [-0.15, -0.1) is 0 Å². The standard InChI is InChI=1S/C21H16Br2N2O4S/c1-3-28-20(27)17-11(2)24-21-25(18(17)12-5-4-6-13(22)9-12)19(26)15(30-21)10-14-7-8-16(23)29-14/h4-10,18H,3H2,1-2H3/b15-10-/t18-/m1/s1. The van der Waals surface area contributed by atoms with E-state index in [1.807, 2.05) is 24.3 Å². The van der Waals surface area contributed by atoms with Crippen molar-refractivity contribution in [3.05, 3.63) is 87.8 Å². The van der Waals surface area contributed by atoms with Crippen LogP contribution in [0.25, 0.3) is 6.08 Å². The second-order valence-electron chi connectivity index (χ2n) is 6.50. The first-order chi connectivity index (χ1) is 14.4. The highest BCUT2D eigenvalue weighted by molar-refractivity contribution is 9.10. The average molecular weight is 552 g/mol. The van der Waals surface area contributed by atoms with Crippen molar-refractivity contribution in [2.24, 2.45) is 4.99 Å². The molecule has 154 valence electrons. The van der Waals surface area contributed by atoms with Crippen molar-refractivity contribution < 1.29 is 13.9 Å². The highest BCUT2D eigenvalue weighted by atomic mass is 79.9. The maximum atomic E-state index is 13.4. The fourth-order valence-corrected chi connectivity index (χ4v) is 5.08. The molecular weight excluding hydrogens is 536 g/mol. The summed E-state index contributed by atoms with van der Waals surface area (Å²) in [7, 11) is 0. The van der Waals surface area contributed by atoms with Gasteiger partial charge in [-0.05, 0) is 59.6 Å². The Morgan fingerprint density at radius 3 is 2.80 bits per heavy atom. The molecule has 0 aliphatic carbocycles. The first-order valence-electron chi connectivity index (χ1n) is 9.09. The lowest BCUT2D eigenvalue weighted by atomic mass is 9.96. The van der Waals surface area contributed by atoms with Gasteiger partial charge >= 0.3 is 5.97 Å². The topological polar surface area (TPSA) is 73.8 Å². The van der Waals surface area contributed by atoms with Gasteiger partial charge in [-0.25, -0.2) is 9.79 Å². The van der Waals surface area contributed by atoms with Gasteiger partial charge in [0.2, 0.25) is 0 Å². The van der Waals surface area contributed by atoms with Crippen LogP contribution in [0.4, 0.5) is 0 Å². The zero-order valence-corrected chi connectivity index (χ0v) is 20.0. The minimum atomic E-state index is -0.636. The van der Waals surface area contributed by atoms with E-state index in [0.717, 1.165) is 10.0 Å². The SMILES string of the molecule is CCOC(=O)C1=C(C)N=c2s/c(=C\c3ccc(Br)o3)c(=O)n2[C@@H]1c1cccc(Br)c1. The van der Waals surface area contributed by atoms with Crippen molar-refractivity contribution in [2.75, 3.05) is 6.61 Å². The molecule has 0 radical (unpaired) electrons. The van der Waals surface area contributed by atoms with Crippen molar-refractivity contribution in [3.8, 4) is 0 Å². The molecule has 1 aromatic carbocycles. The van der Waals surface area contributed by atoms with E-state index in [0.29, 0.717) is 31.0 Å². The number of nitrogens with zero attached hydrogens (tertiary/aromatic N) is 2. The van der Waals surface area contributed by atoms with Crippen LogP contribution in [0.3, 0.4) is 0 Å². The van der Waals surface area contributed by atoms with E-state index >= 15 is 0 Å². The predicted octanol–water partition coefficient (Wildman–Crippen LogP) is 3.92. The molecule has 0 fully saturated rings. The Balaban J connectivity index is 1.97. The third kappa shape index (κ3) is 3.89. The van der Waals surface area contributed by atoms with Crippen molar-refractivity contribution in [2.45, 2.75) is 19.9 Å². The maximum Gasteiger partial charge on any atom is 0.338 e. The number of fused-ring (bicyclic) bond motifs is 1. The highest BCUT2D eigenvalue weighted by Gasteiger charge is 2.33. The van der Waals surface area contributed by atoms with Crippen molar-refractivity contribution in [3.63, 3.8) is 0 Å². The normalized spacial score (nSPS) is 16.4. The van der Waals surface area contributed by atoms with E-state index in [4.69, 9.17) is 9.15 Å². The van der Waals surface area contributed by atoms with E-state index in [9.17, 15) is 9.59 Å². The van der Waals surface area contributed by atoms with Gasteiger partial charge in [0.25, 0.3) is 5.56 Å². The van der Waals surface area contributed by atoms with E-state index in [2.05, 4.69) is 36.9 Å². The van der Waals surface area contributed by atoms with Crippen LogP contribution >= 0.6 is 43.2 Å². The van der Waals surface area contributed by atoms with E-state index in [-0.39, 0.29) is 12.2 Å². The number of hydrogen-bond donors (Lipinski definition) is 0. The van der Waals surface area contributed by atoms with Gasteiger partial charge in [-0.1, -0.05) is 39.4 Å². The molecule has 3 heterocycles. The lowest BCUT2D eigenvalue weighted by Crippen LogP contribution is -2.39. The third-order valence-corrected chi connectivity index (χ3v) is 6.45. The molecule has 0 saturated heterocycles. The molecule has 0 spiro atoms. The van der Waals surface area contributed by atoms with Crippen LogP contribution in [0.5, 0.6) is 0 Å². The van der Waals surface area contributed by atoms with E-state index in [1.165, 1.54) is 11.3 Å². The summed E-state index contributed by atoms with van der Waals surface area (Å²) in [6.45, 7) is 3.75. The number of benzene rings is 1. The molecule has 1 atom stereocenters. The zero-order valence-electron chi connectivity index (χ0n) is 16.0. The quantitative estimate of drug-likeness (QED) is 0.461. The zero-order chi connectivity index (χ0) is 21.4. The van der Waals surface area contributed by atoms with Gasteiger partial charge in [0, 0.05) is 10.5 Å². The van der Waals surface area contributed by atoms with E-state index in [1.54, 1.807) is 36.6 Å². The Bertz CT molecular complexity index is 1350. The van der Waals surface area contributed by atoms with Crippen LogP contribution < -0.4 is 14.9 Å². The fourth-order valence-electron chi connectivity index (χ4n) is 3.32. The first kappa shape index (κ1) is 21.0. The Morgan fingerprint density at radius 1 is 1.33 bits per heavy atom. The molecule has 3 aromatic rings. The summed E-state index contributed by atoms with van der Waals surface area (Å²) < 4.78 is 14.2. The van der Waals surface area contributed by atoms with Crippen molar-refractivity contribution >= 4 is 55.2 Å². The minimum absolute atomic E-state index is 0.235. The average Bonchev–Trinajstić information content (AvgIpc) is 3.24. The van der Waals surface area contributed by atoms with Gasteiger partial charge in [-0.3, -0.25) is 9.36 Å². The number of halogens is 2. The first-order valence-corrected chi connectivity index (χ1v) is 11.5. The Labute approximate surface area is 192 Å². The molecule has 6 nitrogen and oxygen atoms in total. The van der Waals surface area contributed by atoms with Crippen LogP contribution in [0.1, 0.15) is 31.2 Å². The Hall–Kier alpha value is -2.23. The molecule has 0 saturated carbocycles. The Kier molecular flexibility index (Phi) is 5.95. The molecule has 0 bridgehead atoms. The number of esters is 1. The summed E-state index contributed by atoms with van der Waals surface area (Å²) in [4.78, 5) is 31.2. The predicted molar refractivity (Wildman–Crippen MR) is 121 cm³/mol. The van der Waals surface area contributed by atoms with Gasteiger partial charge in [0.05, 0.1) is 28.5 Å². The van der Waals surface area contributed by atoms with Gasteiger partial charge in [-0.2, -0.15) is 0 Å². The van der Waals surface area contributed by atoms with Gasteiger partial charge < -0.3 is 9.15 Å². The Morgan fingerprint density at radius 2 is 2.13 bits per heavy atom. The number of allylic oxidation sites excluding steroid dienone is 1. The summed E-state index contributed by atoms with van der Waals surface area (Å²) in [5.41, 5.74) is 1.43. The number of carbonyl (C=O) groups excluding carboxylic acids is 1. The number of hydrogen-bond acceptors (Lipinski definition) is 6. The fraction of sp³-hybridized carbons (Fsp3) is 0.190. The number of thiazole rings is 1. The summed E-state index contributed by atoms with van der Waals surface area (Å²) >= 11 is 8.00. The number of carbonyl (C=O) groups is 1. The van der Waals surface area contributed by atoms with Crippen LogP contribution in [0.2, 0.25) is 0 Å². The van der Waals surface area contributed by atoms with Crippen molar-refractivity contribution in [1.82, 2.24) is 4.57 Å². The van der Waals surface area contributed by atoms with Gasteiger partial charge in [0.1, 0.15) is 5.76 Å². The number of aromatic nitrogens is 1. The smallest absolute Gasteiger partial charge is 0.338 e. The third-order valence-electron chi connectivity index (χ3n) is 4.55. The highest BCUT2D eigenvalue weighted by Crippen LogP contribution is 2.31. The summed E-state index contributed by atoms with van der Waals surface area (Å²) in [5.74, 6) is 0.0699. The van der Waals surface area contributed by atoms with Crippen LogP contribution in [-0.4, -0.2) is 17.1 Å². The second kappa shape index (κ2) is 8.49. The lowest BCUT2D eigenvalue weighted by molar-refractivity contribution is -0.139. The summed E-state index contributed by atoms with van der Waals surface area (Å²) in [6.07, 6.45) is 1.68. The maximum absolute atomic E-state index is 13.4. The number of rotatable bonds is 4. The van der Waals surface area contributed by atoms with Crippen molar-refractivity contribution in [1.29, 1.82) is 0 Å². The van der Waals surface area contributed by atoms with E-state index < -0.39 is 12.0 Å².